The maximum absolute atomic E-state index is 3.66. The van der Waals surface area contributed by atoms with E-state index >= 15 is 0 Å². The third kappa shape index (κ3) is 3.27. The lowest BCUT2D eigenvalue weighted by Gasteiger charge is -2.30. The van der Waals surface area contributed by atoms with E-state index in [1.165, 1.54) is 51.4 Å². The van der Waals surface area contributed by atoms with Gasteiger partial charge in [-0.1, -0.05) is 39.0 Å². The lowest BCUT2D eigenvalue weighted by atomic mass is 9.80. The number of nitrogens with one attached hydrogen (secondary N) is 1. The molecule has 2 aliphatic rings. The second kappa shape index (κ2) is 5.16. The summed E-state index contributed by atoms with van der Waals surface area (Å²) in [6.45, 7) is 3.40. The standard InChI is InChI=1S/C13H25N/c1-2-14-13(9-8-11-6-7-11)10-12-4-3-5-12/h11-14H,2-10H2,1H3. The van der Waals surface area contributed by atoms with E-state index in [9.17, 15) is 0 Å². The van der Waals surface area contributed by atoms with Crippen molar-refractivity contribution in [2.45, 2.75) is 64.3 Å². The van der Waals surface area contributed by atoms with Crippen molar-refractivity contribution in [2.24, 2.45) is 11.8 Å². The Morgan fingerprint density at radius 2 is 1.93 bits per heavy atom. The predicted octanol–water partition coefficient (Wildman–Crippen LogP) is 3.34. The van der Waals surface area contributed by atoms with Crippen LogP contribution in [0.5, 0.6) is 0 Å². The van der Waals surface area contributed by atoms with Gasteiger partial charge in [-0.3, -0.25) is 0 Å². The third-order valence-electron chi connectivity index (χ3n) is 3.96. The molecule has 1 atom stereocenters. The summed E-state index contributed by atoms with van der Waals surface area (Å²) >= 11 is 0. The summed E-state index contributed by atoms with van der Waals surface area (Å²) < 4.78 is 0. The summed E-state index contributed by atoms with van der Waals surface area (Å²) in [5, 5.41) is 3.66. The molecule has 2 aliphatic carbocycles. The number of hydrogen-bond acceptors (Lipinski definition) is 1. The van der Waals surface area contributed by atoms with Crippen LogP contribution in [0.15, 0.2) is 0 Å². The van der Waals surface area contributed by atoms with Crippen LogP contribution in [0.2, 0.25) is 0 Å². The highest BCUT2D eigenvalue weighted by molar-refractivity contribution is 4.80. The van der Waals surface area contributed by atoms with E-state index in [4.69, 9.17) is 0 Å². The van der Waals surface area contributed by atoms with Gasteiger partial charge in [0.1, 0.15) is 0 Å². The molecule has 0 radical (unpaired) electrons. The molecule has 0 aliphatic heterocycles. The van der Waals surface area contributed by atoms with Crippen molar-refractivity contribution in [3.63, 3.8) is 0 Å². The SMILES string of the molecule is CCNC(CCC1CC1)CC1CCC1. The van der Waals surface area contributed by atoms with E-state index < -0.39 is 0 Å². The van der Waals surface area contributed by atoms with Gasteiger partial charge in [-0.2, -0.15) is 0 Å². The van der Waals surface area contributed by atoms with Gasteiger partial charge in [-0.15, -0.1) is 0 Å². The normalized spacial score (nSPS) is 24.6. The van der Waals surface area contributed by atoms with Crippen molar-refractivity contribution in [2.75, 3.05) is 6.54 Å². The monoisotopic (exact) mass is 195 g/mol. The maximum Gasteiger partial charge on any atom is 0.00696 e. The maximum atomic E-state index is 3.66. The molecule has 0 aromatic heterocycles. The lowest BCUT2D eigenvalue weighted by Crippen LogP contribution is -2.32. The minimum absolute atomic E-state index is 0.839. The molecular formula is C13H25N. The van der Waals surface area contributed by atoms with Gasteiger partial charge in [0.25, 0.3) is 0 Å². The molecule has 0 heterocycles. The van der Waals surface area contributed by atoms with Gasteiger partial charge in [0.05, 0.1) is 0 Å². The van der Waals surface area contributed by atoms with Gasteiger partial charge in [0.2, 0.25) is 0 Å². The van der Waals surface area contributed by atoms with Crippen LogP contribution in [0, 0.1) is 11.8 Å². The van der Waals surface area contributed by atoms with Crippen LogP contribution in [0.3, 0.4) is 0 Å². The molecule has 0 aromatic rings. The summed E-state index contributed by atoms with van der Waals surface area (Å²) in [6.07, 6.45) is 11.9. The van der Waals surface area contributed by atoms with Crippen molar-refractivity contribution in [1.82, 2.24) is 5.32 Å². The Bertz CT molecular complexity index is 159. The van der Waals surface area contributed by atoms with Gasteiger partial charge in [0, 0.05) is 6.04 Å². The van der Waals surface area contributed by atoms with E-state index in [0.29, 0.717) is 0 Å². The Balaban J connectivity index is 1.62. The first-order chi connectivity index (χ1) is 6.88. The Labute approximate surface area is 88.7 Å². The summed E-state index contributed by atoms with van der Waals surface area (Å²) in [5.41, 5.74) is 0. The first kappa shape index (κ1) is 10.5. The molecule has 0 aromatic carbocycles. The molecule has 0 spiro atoms. The molecule has 14 heavy (non-hydrogen) atoms. The van der Waals surface area contributed by atoms with Crippen LogP contribution in [-0.2, 0) is 0 Å². The summed E-state index contributed by atoms with van der Waals surface area (Å²) in [7, 11) is 0. The van der Waals surface area contributed by atoms with Crippen molar-refractivity contribution in [1.29, 1.82) is 0 Å². The van der Waals surface area contributed by atoms with Crippen molar-refractivity contribution in [3.05, 3.63) is 0 Å². The Hall–Kier alpha value is -0.0400. The predicted molar refractivity (Wildman–Crippen MR) is 61.4 cm³/mol. The average Bonchev–Trinajstić information content (AvgIpc) is 2.90. The van der Waals surface area contributed by atoms with Crippen LogP contribution >= 0.6 is 0 Å². The van der Waals surface area contributed by atoms with Crippen LogP contribution in [0.1, 0.15) is 58.3 Å². The van der Waals surface area contributed by atoms with Crippen molar-refractivity contribution in [3.8, 4) is 0 Å². The van der Waals surface area contributed by atoms with E-state index in [-0.39, 0.29) is 0 Å². The van der Waals surface area contributed by atoms with Crippen molar-refractivity contribution < 1.29 is 0 Å². The topological polar surface area (TPSA) is 12.0 Å². The third-order valence-corrected chi connectivity index (χ3v) is 3.96. The highest BCUT2D eigenvalue weighted by Crippen LogP contribution is 2.36. The van der Waals surface area contributed by atoms with E-state index in [2.05, 4.69) is 12.2 Å². The fourth-order valence-electron chi connectivity index (χ4n) is 2.57. The zero-order valence-corrected chi connectivity index (χ0v) is 9.60. The Morgan fingerprint density at radius 1 is 1.14 bits per heavy atom. The quantitative estimate of drug-likeness (QED) is 0.657. The van der Waals surface area contributed by atoms with E-state index in [1.54, 1.807) is 0 Å². The molecule has 1 heteroatoms. The minimum Gasteiger partial charge on any atom is -0.314 e. The van der Waals surface area contributed by atoms with Gasteiger partial charge in [-0.05, 0) is 37.6 Å². The van der Waals surface area contributed by atoms with Crippen LogP contribution in [0.4, 0.5) is 0 Å². The lowest BCUT2D eigenvalue weighted by molar-refractivity contribution is 0.252. The largest absolute Gasteiger partial charge is 0.314 e. The highest BCUT2D eigenvalue weighted by atomic mass is 14.9. The smallest absolute Gasteiger partial charge is 0.00696 e. The summed E-state index contributed by atoms with van der Waals surface area (Å²) in [5.74, 6) is 2.18. The van der Waals surface area contributed by atoms with Gasteiger partial charge < -0.3 is 5.32 Å². The molecule has 0 amide bonds. The fourth-order valence-corrected chi connectivity index (χ4v) is 2.57. The van der Waals surface area contributed by atoms with Crippen molar-refractivity contribution >= 4 is 0 Å². The molecule has 1 nitrogen and oxygen atoms in total. The molecule has 2 saturated carbocycles. The molecule has 0 saturated heterocycles. The summed E-state index contributed by atoms with van der Waals surface area (Å²) in [6, 6.07) is 0.839. The molecule has 2 fully saturated rings. The molecule has 1 N–H and O–H groups in total. The van der Waals surface area contributed by atoms with Gasteiger partial charge in [0.15, 0.2) is 0 Å². The Kier molecular flexibility index (Phi) is 3.86. The number of hydrogen-bond donors (Lipinski definition) is 1. The minimum atomic E-state index is 0.839. The molecule has 1 unspecified atom stereocenters. The zero-order chi connectivity index (χ0) is 9.80. The summed E-state index contributed by atoms with van der Waals surface area (Å²) in [4.78, 5) is 0. The van der Waals surface area contributed by atoms with Gasteiger partial charge >= 0.3 is 0 Å². The second-order valence-corrected chi connectivity index (χ2v) is 5.31. The highest BCUT2D eigenvalue weighted by Gasteiger charge is 2.25. The Morgan fingerprint density at radius 3 is 2.43 bits per heavy atom. The fraction of sp³-hybridized carbons (Fsp3) is 1.00. The first-order valence-electron chi connectivity index (χ1n) is 6.62. The molecule has 82 valence electrons. The molecular weight excluding hydrogens is 170 g/mol. The van der Waals surface area contributed by atoms with E-state index in [1.807, 2.05) is 0 Å². The number of rotatable bonds is 7. The van der Waals surface area contributed by atoms with Crippen LogP contribution in [0.25, 0.3) is 0 Å². The molecule has 2 rings (SSSR count). The molecule has 0 bridgehead atoms. The van der Waals surface area contributed by atoms with Crippen LogP contribution < -0.4 is 5.32 Å². The van der Waals surface area contributed by atoms with Gasteiger partial charge in [-0.25, -0.2) is 0 Å². The van der Waals surface area contributed by atoms with E-state index in [0.717, 1.165) is 24.4 Å². The average molecular weight is 195 g/mol. The first-order valence-corrected chi connectivity index (χ1v) is 6.62. The van der Waals surface area contributed by atoms with Crippen LogP contribution in [-0.4, -0.2) is 12.6 Å². The zero-order valence-electron chi connectivity index (χ0n) is 9.60. The second-order valence-electron chi connectivity index (χ2n) is 5.31.